The molecule has 1 aromatic rings. The maximum atomic E-state index is 11.1. The summed E-state index contributed by atoms with van der Waals surface area (Å²) in [5, 5.41) is 7.25. The molecule has 1 rings (SSSR count). The molecule has 128 valence electrons. The lowest BCUT2D eigenvalue weighted by Crippen LogP contribution is -2.30. The fourth-order valence-corrected chi connectivity index (χ4v) is 2.45. The van der Waals surface area contributed by atoms with E-state index in [1.165, 1.54) is 13.2 Å². The summed E-state index contributed by atoms with van der Waals surface area (Å²) in [7, 11) is 0.0723. The molecule has 0 bridgehead atoms. The first-order valence-corrected chi connectivity index (χ1v) is 11.4. The number of benzene rings is 1. The molecular weight excluding hydrogens is 332 g/mol. The fourth-order valence-electron chi connectivity index (χ4n) is 1.64. The first-order chi connectivity index (χ1) is 10.9. The van der Waals surface area contributed by atoms with E-state index in [2.05, 4.69) is 35.2 Å². The predicted molar refractivity (Wildman–Crippen MR) is 96.8 cm³/mol. The van der Waals surface area contributed by atoms with Crippen molar-refractivity contribution in [2.24, 2.45) is 5.16 Å². The molecule has 0 spiro atoms. The van der Waals surface area contributed by atoms with E-state index in [0.717, 1.165) is 17.4 Å². The molecule has 1 N–H and O–H groups in total. The molecule has 0 heterocycles. The molecule has 0 aliphatic heterocycles. The zero-order valence-corrected chi connectivity index (χ0v) is 15.9. The lowest BCUT2D eigenvalue weighted by molar-refractivity contribution is 0.170. The number of oxime groups is 1. The molecule has 0 atom stereocenters. The number of ether oxygens (including phenoxy) is 1. The van der Waals surface area contributed by atoms with Crippen LogP contribution < -0.4 is 5.32 Å². The predicted octanol–water partition coefficient (Wildman–Crippen LogP) is 4.01. The molecule has 23 heavy (non-hydrogen) atoms. The minimum Gasteiger partial charge on any atom is -0.453 e. The summed E-state index contributed by atoms with van der Waals surface area (Å²) in [5.74, 6) is 0. The van der Waals surface area contributed by atoms with Crippen LogP contribution in [-0.4, -0.2) is 33.7 Å². The van der Waals surface area contributed by atoms with E-state index in [1.807, 2.05) is 18.2 Å². The second-order valence-electron chi connectivity index (χ2n) is 6.05. The molecule has 0 saturated heterocycles. The molecule has 0 aliphatic carbocycles. The van der Waals surface area contributed by atoms with Crippen LogP contribution in [0.25, 0.3) is 0 Å². The Morgan fingerprint density at radius 2 is 2.17 bits per heavy atom. The summed E-state index contributed by atoms with van der Waals surface area (Å²) in [5.41, 5.74) is 1.89. The number of hydrogen-bond donors (Lipinski definition) is 1. The van der Waals surface area contributed by atoms with Crippen LogP contribution in [0.1, 0.15) is 18.1 Å². The molecular formula is C16H25ClN2O3Si. The number of alkyl carbamates (subject to hydrolysis) is 1. The Bertz CT molecular complexity index is 550. The zero-order valence-electron chi connectivity index (χ0n) is 14.2. The highest BCUT2D eigenvalue weighted by Gasteiger charge is 2.18. The lowest BCUT2D eigenvalue weighted by Gasteiger charge is -2.17. The summed E-state index contributed by atoms with van der Waals surface area (Å²) >= 11 is 6.13. The number of rotatable bonds is 8. The van der Waals surface area contributed by atoms with Gasteiger partial charge in [-0.15, -0.1) is 0 Å². The molecule has 0 unspecified atom stereocenters. The summed E-state index contributed by atoms with van der Waals surface area (Å²) < 4.78 is 4.54. The Kier molecular flexibility index (Phi) is 8.12. The van der Waals surface area contributed by atoms with Gasteiger partial charge in [0.05, 0.1) is 15.2 Å². The van der Waals surface area contributed by atoms with Crippen molar-refractivity contribution in [3.05, 3.63) is 34.3 Å². The van der Waals surface area contributed by atoms with Crippen molar-refractivity contribution >= 4 is 32.0 Å². The topological polar surface area (TPSA) is 59.9 Å². The van der Waals surface area contributed by atoms with Crippen LogP contribution in [0.2, 0.25) is 24.2 Å². The van der Waals surface area contributed by atoms with Crippen molar-refractivity contribution < 1.29 is 14.4 Å². The van der Waals surface area contributed by atoms with Gasteiger partial charge in [0.1, 0.15) is 6.23 Å². The van der Waals surface area contributed by atoms with Crippen molar-refractivity contribution in [1.29, 1.82) is 0 Å². The molecule has 0 aromatic heterocycles. The van der Waals surface area contributed by atoms with Crippen molar-refractivity contribution in [3.63, 3.8) is 0 Å². The third-order valence-corrected chi connectivity index (χ3v) is 6.80. The van der Waals surface area contributed by atoms with Crippen LogP contribution in [0.4, 0.5) is 4.79 Å². The first-order valence-electron chi connectivity index (χ1n) is 7.61. The summed E-state index contributed by atoms with van der Waals surface area (Å²) in [4.78, 5) is 16.5. The van der Waals surface area contributed by atoms with Gasteiger partial charge in [-0.3, -0.25) is 0 Å². The van der Waals surface area contributed by atoms with Gasteiger partial charge in [0.25, 0.3) is 0 Å². The highest BCUT2D eigenvalue weighted by atomic mass is 35.5. The van der Waals surface area contributed by atoms with Crippen LogP contribution in [-0.2, 0) is 22.5 Å². The molecule has 0 saturated carbocycles. The lowest BCUT2D eigenvalue weighted by atomic mass is 10.1. The summed E-state index contributed by atoms with van der Waals surface area (Å²) in [6, 6.07) is 6.86. The van der Waals surface area contributed by atoms with Crippen LogP contribution in [0.15, 0.2) is 23.4 Å². The van der Waals surface area contributed by atoms with Crippen molar-refractivity contribution in [2.45, 2.75) is 39.0 Å². The van der Waals surface area contributed by atoms with E-state index in [1.54, 1.807) is 6.21 Å². The highest BCUT2D eigenvalue weighted by Crippen LogP contribution is 2.17. The molecule has 0 fully saturated rings. The van der Waals surface area contributed by atoms with Gasteiger partial charge in [-0.25, -0.2) is 4.79 Å². The second kappa shape index (κ2) is 9.57. The molecule has 1 amide bonds. The largest absolute Gasteiger partial charge is 0.453 e. The average molecular weight is 357 g/mol. The molecule has 0 radical (unpaired) electrons. The SMILES string of the molecule is CC[Si](C)(C)CON=CCc1ccc(Cl)c(CNC(=O)OC)c1. The van der Waals surface area contributed by atoms with E-state index >= 15 is 0 Å². The summed E-state index contributed by atoms with van der Waals surface area (Å²) in [6.45, 7) is 7.07. The van der Waals surface area contributed by atoms with Crippen molar-refractivity contribution in [3.8, 4) is 0 Å². The fraction of sp³-hybridized carbons (Fsp3) is 0.500. The smallest absolute Gasteiger partial charge is 0.407 e. The van der Waals surface area contributed by atoms with Gasteiger partial charge in [0.2, 0.25) is 0 Å². The standard InChI is InChI=1S/C16H25ClN2O3Si/c1-5-23(3,4)12-22-19-9-8-13-6-7-15(17)14(10-13)11-18-16(20)21-2/h6-7,9-10H,5,8,11-12H2,1-4H3,(H,18,20). The summed E-state index contributed by atoms with van der Waals surface area (Å²) in [6.07, 6.45) is 2.65. The van der Waals surface area contributed by atoms with Gasteiger partial charge in [0.15, 0.2) is 0 Å². The third-order valence-electron chi connectivity index (χ3n) is 3.61. The maximum Gasteiger partial charge on any atom is 0.407 e. The van der Waals surface area contributed by atoms with Gasteiger partial charge < -0.3 is 14.9 Å². The number of amides is 1. The molecule has 0 aliphatic rings. The van der Waals surface area contributed by atoms with E-state index in [-0.39, 0.29) is 0 Å². The van der Waals surface area contributed by atoms with E-state index in [4.69, 9.17) is 16.4 Å². The Morgan fingerprint density at radius 3 is 2.83 bits per heavy atom. The van der Waals surface area contributed by atoms with Crippen molar-refractivity contribution in [2.75, 3.05) is 13.3 Å². The monoisotopic (exact) mass is 356 g/mol. The molecule has 7 heteroatoms. The Balaban J connectivity index is 2.52. The van der Waals surface area contributed by atoms with E-state index in [0.29, 0.717) is 18.0 Å². The Labute approximate surface area is 144 Å². The van der Waals surface area contributed by atoms with Gasteiger partial charge >= 0.3 is 6.09 Å². The van der Waals surface area contributed by atoms with E-state index in [9.17, 15) is 4.79 Å². The van der Waals surface area contributed by atoms with Gasteiger partial charge in [-0.2, -0.15) is 0 Å². The van der Waals surface area contributed by atoms with Gasteiger partial charge in [0, 0.05) is 24.2 Å². The molecule has 1 aromatic carbocycles. The number of nitrogens with zero attached hydrogens (tertiary/aromatic N) is 1. The van der Waals surface area contributed by atoms with E-state index < -0.39 is 14.2 Å². The van der Waals surface area contributed by atoms with Gasteiger partial charge in [-0.1, -0.05) is 55.0 Å². The quantitative estimate of drug-likeness (QED) is 0.435. The minimum absolute atomic E-state index is 0.323. The number of methoxy groups -OCH3 is 1. The average Bonchev–Trinajstić information content (AvgIpc) is 2.54. The van der Waals surface area contributed by atoms with Crippen LogP contribution >= 0.6 is 11.6 Å². The Morgan fingerprint density at radius 1 is 1.43 bits per heavy atom. The first kappa shape index (κ1) is 19.5. The zero-order chi connectivity index (χ0) is 17.3. The number of halogens is 1. The van der Waals surface area contributed by atoms with Crippen LogP contribution in [0.3, 0.4) is 0 Å². The van der Waals surface area contributed by atoms with Crippen LogP contribution in [0, 0.1) is 0 Å². The second-order valence-corrected chi connectivity index (χ2v) is 11.8. The number of carbonyl (C=O) groups is 1. The normalized spacial score (nSPS) is 11.5. The van der Waals surface area contributed by atoms with Crippen LogP contribution in [0.5, 0.6) is 0 Å². The maximum absolute atomic E-state index is 11.1. The Hall–Kier alpha value is -1.53. The number of nitrogens with one attached hydrogen (secondary N) is 1. The minimum atomic E-state index is -1.25. The number of hydrogen-bond acceptors (Lipinski definition) is 4. The highest BCUT2D eigenvalue weighted by molar-refractivity contribution is 6.77. The third kappa shape index (κ3) is 7.52. The number of carbonyl (C=O) groups excluding carboxylic acids is 1. The van der Waals surface area contributed by atoms with Crippen molar-refractivity contribution in [1.82, 2.24) is 5.32 Å². The molecule has 5 nitrogen and oxygen atoms in total. The van der Waals surface area contributed by atoms with Gasteiger partial charge in [-0.05, 0) is 17.2 Å².